The van der Waals surface area contributed by atoms with Gasteiger partial charge in [0.2, 0.25) is 0 Å². The van der Waals surface area contributed by atoms with Crippen molar-refractivity contribution in [3.05, 3.63) is 50.1 Å². The van der Waals surface area contributed by atoms with Crippen molar-refractivity contribution in [1.29, 1.82) is 0 Å². The summed E-state index contributed by atoms with van der Waals surface area (Å²) in [5.74, 6) is -2.33. The number of non-ortho nitro benzene ring substituents is 1. The number of fused-ring (bicyclic) bond motifs is 5. The zero-order valence-electron chi connectivity index (χ0n) is 21.7. The molecule has 0 spiro atoms. The summed E-state index contributed by atoms with van der Waals surface area (Å²) in [4.78, 5) is 33.2. The summed E-state index contributed by atoms with van der Waals surface area (Å²) in [6, 6.07) is 2.94. The van der Waals surface area contributed by atoms with Crippen LogP contribution in [0.25, 0.3) is 0 Å². The van der Waals surface area contributed by atoms with Crippen LogP contribution in [-0.2, 0) is 4.79 Å². The van der Waals surface area contributed by atoms with E-state index < -0.39 is 38.3 Å². The van der Waals surface area contributed by atoms with E-state index in [1.165, 1.54) is 0 Å². The van der Waals surface area contributed by atoms with Gasteiger partial charge in [-0.3, -0.25) is 30.4 Å². The number of carbonyl (C=O) groups is 1. The van der Waals surface area contributed by atoms with E-state index in [0.717, 1.165) is 43.9 Å². The SMILES string of the molecule is CC(=O)[C@H]1CC[C@H]2[C@@H]3CC=C4C(F)(F)C(=NNc5ccc([N+](=O)[O-])cc5[N+](=O)[O-])CC[C@]4(C)[C@H]3CC[C@]12C. The van der Waals surface area contributed by atoms with Gasteiger partial charge >= 0.3 is 11.6 Å². The number of allylic oxidation sites excluding steroid dienone is 2. The van der Waals surface area contributed by atoms with Crippen molar-refractivity contribution in [2.24, 2.45) is 39.6 Å². The van der Waals surface area contributed by atoms with Gasteiger partial charge < -0.3 is 0 Å². The molecule has 0 radical (unpaired) electrons. The number of anilines is 1. The van der Waals surface area contributed by atoms with Crippen LogP contribution in [0.1, 0.15) is 65.7 Å². The second-order valence-corrected chi connectivity index (χ2v) is 11.9. The van der Waals surface area contributed by atoms with Crippen molar-refractivity contribution in [3.8, 4) is 0 Å². The van der Waals surface area contributed by atoms with E-state index in [-0.39, 0.29) is 46.6 Å². The molecule has 11 heteroatoms. The molecule has 5 rings (SSSR count). The van der Waals surface area contributed by atoms with Crippen LogP contribution in [-0.4, -0.2) is 27.3 Å². The highest BCUT2D eigenvalue weighted by molar-refractivity contribution is 5.96. The molecule has 0 aliphatic heterocycles. The summed E-state index contributed by atoms with van der Waals surface area (Å²) < 4.78 is 31.9. The highest BCUT2D eigenvalue weighted by atomic mass is 19.3. The van der Waals surface area contributed by atoms with Crippen LogP contribution in [0.3, 0.4) is 0 Å². The van der Waals surface area contributed by atoms with Crippen LogP contribution < -0.4 is 5.43 Å². The van der Waals surface area contributed by atoms with Gasteiger partial charge in [-0.1, -0.05) is 19.9 Å². The maximum Gasteiger partial charge on any atom is 0.309 e. The molecule has 4 aliphatic carbocycles. The van der Waals surface area contributed by atoms with Gasteiger partial charge in [-0.25, -0.2) is 0 Å². The van der Waals surface area contributed by atoms with Crippen molar-refractivity contribution < 1.29 is 23.4 Å². The summed E-state index contributed by atoms with van der Waals surface area (Å²) in [7, 11) is 0. The quantitative estimate of drug-likeness (QED) is 0.257. The molecular weight excluding hydrogens is 498 g/mol. The Balaban J connectivity index is 1.43. The first-order chi connectivity index (χ1) is 17.8. The van der Waals surface area contributed by atoms with Gasteiger partial charge in [0.15, 0.2) is 0 Å². The number of nitrogens with one attached hydrogen (secondary N) is 1. The predicted molar refractivity (Wildman–Crippen MR) is 137 cm³/mol. The number of nitro groups is 2. The number of halogens is 2. The van der Waals surface area contributed by atoms with Gasteiger partial charge in [0, 0.05) is 17.6 Å². The highest BCUT2D eigenvalue weighted by Crippen LogP contribution is 2.67. The van der Waals surface area contributed by atoms with Gasteiger partial charge in [-0.2, -0.15) is 13.9 Å². The molecule has 9 nitrogen and oxygen atoms in total. The average Bonchev–Trinajstić information content (AvgIpc) is 3.20. The van der Waals surface area contributed by atoms with Crippen molar-refractivity contribution in [2.75, 3.05) is 5.43 Å². The van der Waals surface area contributed by atoms with Gasteiger partial charge in [0.1, 0.15) is 17.2 Å². The van der Waals surface area contributed by atoms with Crippen LogP contribution in [0.2, 0.25) is 0 Å². The lowest BCUT2D eigenvalue weighted by molar-refractivity contribution is -0.393. The second-order valence-electron chi connectivity index (χ2n) is 11.9. The predicted octanol–water partition coefficient (Wildman–Crippen LogP) is 6.68. The Morgan fingerprint density at radius 3 is 2.47 bits per heavy atom. The van der Waals surface area contributed by atoms with Gasteiger partial charge in [-0.15, -0.1) is 0 Å². The van der Waals surface area contributed by atoms with Crippen LogP contribution in [0, 0.1) is 54.7 Å². The molecule has 0 saturated heterocycles. The Bertz CT molecular complexity index is 1280. The molecule has 1 aromatic carbocycles. The van der Waals surface area contributed by atoms with Gasteiger partial charge in [0.25, 0.3) is 5.69 Å². The van der Waals surface area contributed by atoms with E-state index in [2.05, 4.69) is 17.5 Å². The van der Waals surface area contributed by atoms with Crippen molar-refractivity contribution in [2.45, 2.75) is 71.6 Å². The molecule has 3 fully saturated rings. The monoisotopic (exact) mass is 530 g/mol. The first kappa shape index (κ1) is 26.4. The third-order valence-corrected chi connectivity index (χ3v) is 10.2. The van der Waals surface area contributed by atoms with Crippen LogP contribution in [0.4, 0.5) is 25.8 Å². The Kier molecular flexibility index (Phi) is 6.18. The summed E-state index contributed by atoms with van der Waals surface area (Å²) in [5.41, 5.74) is 0.0159. The van der Waals surface area contributed by atoms with Crippen molar-refractivity contribution >= 4 is 28.6 Å². The maximum absolute atomic E-state index is 15.9. The van der Waals surface area contributed by atoms with Crippen LogP contribution in [0.5, 0.6) is 0 Å². The molecule has 6 atom stereocenters. The first-order valence-electron chi connectivity index (χ1n) is 13.2. The number of ketones is 1. The molecule has 4 aliphatic rings. The van der Waals surface area contributed by atoms with Crippen LogP contribution in [0.15, 0.2) is 34.9 Å². The molecule has 0 unspecified atom stereocenters. The highest BCUT2D eigenvalue weighted by Gasteiger charge is 2.63. The normalized spacial score (nSPS) is 36.4. The zero-order valence-corrected chi connectivity index (χ0v) is 21.7. The molecule has 1 aromatic rings. The maximum atomic E-state index is 15.9. The number of hydrazone groups is 1. The minimum atomic E-state index is -3.32. The third kappa shape index (κ3) is 3.84. The number of alkyl halides is 2. The average molecular weight is 531 g/mol. The molecule has 3 saturated carbocycles. The molecule has 0 aromatic heterocycles. The van der Waals surface area contributed by atoms with Crippen LogP contribution >= 0.6 is 0 Å². The molecule has 0 amide bonds. The number of nitro benzene ring substituents is 2. The van der Waals surface area contributed by atoms with E-state index in [4.69, 9.17) is 0 Å². The van der Waals surface area contributed by atoms with Gasteiger partial charge in [0.05, 0.1) is 15.9 Å². The fourth-order valence-corrected chi connectivity index (χ4v) is 8.39. The fraction of sp³-hybridized carbons (Fsp3) is 0.630. The number of hydrogen-bond donors (Lipinski definition) is 1. The number of nitrogens with zero attached hydrogens (tertiary/aromatic N) is 3. The number of benzene rings is 1. The standard InChI is InChI=1S/C27H32F2N4O5/c1-15(34)18-6-7-19-17-5-9-23-26(3,20(17)10-12-25(18,19)2)13-11-24(27(23,28)29)31-30-21-8-4-16(32(35)36)14-22(21)33(37)38/h4,8-9,14,17-20,30H,5-7,10-13H2,1-3H3/t17-,18+,19-,20-,25+,26+/m0/s1. The molecule has 38 heavy (non-hydrogen) atoms. The largest absolute Gasteiger partial charge is 0.309 e. The number of hydrogen-bond acceptors (Lipinski definition) is 7. The van der Waals surface area contributed by atoms with E-state index in [9.17, 15) is 25.0 Å². The van der Waals surface area contributed by atoms with Crippen molar-refractivity contribution in [1.82, 2.24) is 0 Å². The number of carbonyl (C=O) groups excluding carboxylic acids is 1. The Morgan fingerprint density at radius 2 is 1.82 bits per heavy atom. The summed E-state index contributed by atoms with van der Waals surface area (Å²) in [6.45, 7) is 5.83. The number of rotatable bonds is 5. The zero-order chi connectivity index (χ0) is 27.6. The minimum absolute atomic E-state index is 0.0237. The lowest BCUT2D eigenvalue weighted by Crippen LogP contribution is -2.55. The Labute approximate surface area is 219 Å². The topological polar surface area (TPSA) is 128 Å². The summed E-state index contributed by atoms with van der Waals surface area (Å²) in [5, 5.41) is 26.3. The lowest BCUT2D eigenvalue weighted by atomic mass is 9.47. The first-order valence-corrected chi connectivity index (χ1v) is 13.2. The molecular formula is C27H32F2N4O5. The van der Waals surface area contributed by atoms with E-state index in [1.807, 2.05) is 6.92 Å². The minimum Gasteiger partial charge on any atom is -0.300 e. The van der Waals surface area contributed by atoms with E-state index >= 15 is 8.78 Å². The fourth-order valence-electron chi connectivity index (χ4n) is 8.39. The third-order valence-electron chi connectivity index (χ3n) is 10.2. The Morgan fingerprint density at radius 1 is 1.08 bits per heavy atom. The molecule has 0 bridgehead atoms. The molecule has 1 N–H and O–H groups in total. The molecule has 0 heterocycles. The second kappa shape index (κ2) is 8.91. The Hall–Kier alpha value is -3.24. The van der Waals surface area contributed by atoms with Gasteiger partial charge in [-0.05, 0) is 86.5 Å². The molecule has 204 valence electrons. The smallest absolute Gasteiger partial charge is 0.300 e. The summed E-state index contributed by atoms with van der Waals surface area (Å²) in [6.07, 6.45) is 6.26. The summed E-state index contributed by atoms with van der Waals surface area (Å²) >= 11 is 0. The van der Waals surface area contributed by atoms with Crippen molar-refractivity contribution in [3.63, 3.8) is 0 Å². The lowest BCUT2D eigenvalue weighted by Gasteiger charge is -2.58. The van der Waals surface area contributed by atoms with E-state index in [0.29, 0.717) is 18.8 Å². The number of Topliss-reactive ketones (excluding diaryl/α,β-unsaturated/α-hetero) is 1. The van der Waals surface area contributed by atoms with E-state index in [1.54, 1.807) is 13.0 Å².